The van der Waals surface area contributed by atoms with Crippen molar-refractivity contribution in [3.8, 4) is 0 Å². The van der Waals surface area contributed by atoms with Crippen molar-refractivity contribution in [2.24, 2.45) is 11.8 Å². The molecule has 0 aromatic carbocycles. The molecule has 1 aliphatic rings. The molecule has 0 aliphatic carbocycles. The molecule has 1 heterocycles. The van der Waals surface area contributed by atoms with E-state index < -0.39 is 0 Å². The first-order valence-electron chi connectivity index (χ1n) is 4.49. The summed E-state index contributed by atoms with van der Waals surface area (Å²) in [7, 11) is 1.81. The van der Waals surface area contributed by atoms with Crippen LogP contribution in [0.5, 0.6) is 0 Å². The maximum atomic E-state index is 5.40. The van der Waals surface area contributed by atoms with Crippen LogP contribution < -0.4 is 5.32 Å². The van der Waals surface area contributed by atoms with Crippen molar-refractivity contribution >= 4 is 0 Å². The van der Waals surface area contributed by atoms with Gasteiger partial charge in [0.15, 0.2) is 0 Å². The number of rotatable bonds is 2. The van der Waals surface area contributed by atoms with Crippen molar-refractivity contribution < 1.29 is 4.74 Å². The number of piperidine rings is 1. The number of methoxy groups -OCH3 is 1. The van der Waals surface area contributed by atoms with Crippen LogP contribution in [-0.4, -0.2) is 26.3 Å². The fourth-order valence-corrected chi connectivity index (χ4v) is 1.87. The monoisotopic (exact) mass is 157 g/mol. The molecule has 0 aromatic heterocycles. The first kappa shape index (κ1) is 9.01. The topological polar surface area (TPSA) is 21.3 Å². The maximum absolute atomic E-state index is 5.40. The van der Waals surface area contributed by atoms with Crippen LogP contribution in [0.25, 0.3) is 0 Å². The standard InChI is InChI=1S/C9H19NO/c1-7(2)8-4-5-10-6-9(8)11-3/h7-10H,4-6H2,1-3H3. The molecule has 1 rings (SSSR count). The van der Waals surface area contributed by atoms with Crippen molar-refractivity contribution in [1.82, 2.24) is 5.32 Å². The van der Waals surface area contributed by atoms with E-state index >= 15 is 0 Å². The average molecular weight is 157 g/mol. The van der Waals surface area contributed by atoms with Crippen molar-refractivity contribution in [2.75, 3.05) is 20.2 Å². The van der Waals surface area contributed by atoms with Gasteiger partial charge in [0, 0.05) is 13.7 Å². The van der Waals surface area contributed by atoms with Gasteiger partial charge in [-0.2, -0.15) is 0 Å². The van der Waals surface area contributed by atoms with Crippen molar-refractivity contribution in [1.29, 1.82) is 0 Å². The summed E-state index contributed by atoms with van der Waals surface area (Å²) in [6.07, 6.45) is 1.69. The highest BCUT2D eigenvalue weighted by Crippen LogP contribution is 2.23. The molecule has 1 saturated heterocycles. The van der Waals surface area contributed by atoms with E-state index in [-0.39, 0.29) is 0 Å². The highest BCUT2D eigenvalue weighted by molar-refractivity contribution is 4.80. The summed E-state index contributed by atoms with van der Waals surface area (Å²) >= 11 is 0. The third-order valence-electron chi connectivity index (χ3n) is 2.64. The predicted molar refractivity (Wildman–Crippen MR) is 46.6 cm³/mol. The van der Waals surface area contributed by atoms with E-state index in [0.29, 0.717) is 6.10 Å². The Morgan fingerprint density at radius 3 is 2.64 bits per heavy atom. The van der Waals surface area contributed by atoms with Gasteiger partial charge >= 0.3 is 0 Å². The van der Waals surface area contributed by atoms with E-state index in [0.717, 1.165) is 24.9 Å². The molecule has 2 heteroatoms. The Morgan fingerprint density at radius 2 is 2.18 bits per heavy atom. The molecule has 11 heavy (non-hydrogen) atoms. The minimum atomic E-state index is 0.434. The molecule has 2 nitrogen and oxygen atoms in total. The largest absolute Gasteiger partial charge is 0.380 e. The van der Waals surface area contributed by atoms with E-state index in [1.165, 1.54) is 6.42 Å². The smallest absolute Gasteiger partial charge is 0.0726 e. The second-order valence-corrected chi connectivity index (χ2v) is 3.67. The van der Waals surface area contributed by atoms with Crippen LogP contribution in [0.1, 0.15) is 20.3 Å². The minimum absolute atomic E-state index is 0.434. The van der Waals surface area contributed by atoms with Gasteiger partial charge in [0.2, 0.25) is 0 Å². The van der Waals surface area contributed by atoms with E-state index in [4.69, 9.17) is 4.74 Å². The fourth-order valence-electron chi connectivity index (χ4n) is 1.87. The molecule has 1 aliphatic heterocycles. The molecule has 66 valence electrons. The highest BCUT2D eigenvalue weighted by atomic mass is 16.5. The number of hydrogen-bond acceptors (Lipinski definition) is 2. The molecule has 2 atom stereocenters. The zero-order valence-corrected chi connectivity index (χ0v) is 7.76. The van der Waals surface area contributed by atoms with Gasteiger partial charge in [0.1, 0.15) is 0 Å². The Labute approximate surface area is 69.3 Å². The summed E-state index contributed by atoms with van der Waals surface area (Å²) in [4.78, 5) is 0. The highest BCUT2D eigenvalue weighted by Gasteiger charge is 2.26. The first-order chi connectivity index (χ1) is 5.25. The molecule has 0 saturated carbocycles. The summed E-state index contributed by atoms with van der Waals surface area (Å²) in [5.74, 6) is 1.50. The van der Waals surface area contributed by atoms with E-state index in [2.05, 4.69) is 19.2 Å². The lowest BCUT2D eigenvalue weighted by atomic mass is 9.85. The van der Waals surface area contributed by atoms with Crippen LogP contribution in [0.3, 0.4) is 0 Å². The molecule has 0 aromatic rings. The second-order valence-electron chi connectivity index (χ2n) is 3.67. The van der Waals surface area contributed by atoms with Crippen LogP contribution in [0, 0.1) is 11.8 Å². The summed E-state index contributed by atoms with van der Waals surface area (Å²) in [6, 6.07) is 0. The SMILES string of the molecule is COC1CNCCC1C(C)C. The third kappa shape index (κ3) is 2.17. The Morgan fingerprint density at radius 1 is 1.45 bits per heavy atom. The summed E-state index contributed by atoms with van der Waals surface area (Å²) in [5, 5.41) is 3.35. The molecule has 2 unspecified atom stereocenters. The Hall–Kier alpha value is -0.0800. The lowest BCUT2D eigenvalue weighted by Gasteiger charge is -2.33. The average Bonchev–Trinajstić information content (AvgIpc) is 2.04. The van der Waals surface area contributed by atoms with E-state index in [1.54, 1.807) is 0 Å². The first-order valence-corrected chi connectivity index (χ1v) is 4.49. The number of nitrogens with one attached hydrogen (secondary N) is 1. The fraction of sp³-hybridized carbons (Fsp3) is 1.00. The van der Waals surface area contributed by atoms with Crippen molar-refractivity contribution in [3.63, 3.8) is 0 Å². The van der Waals surface area contributed by atoms with E-state index in [9.17, 15) is 0 Å². The van der Waals surface area contributed by atoms with Gasteiger partial charge in [-0.25, -0.2) is 0 Å². The lowest BCUT2D eigenvalue weighted by molar-refractivity contribution is 0.0152. The Bertz CT molecular complexity index is 114. The minimum Gasteiger partial charge on any atom is -0.380 e. The van der Waals surface area contributed by atoms with Crippen LogP contribution in [0.4, 0.5) is 0 Å². The van der Waals surface area contributed by atoms with Gasteiger partial charge < -0.3 is 10.1 Å². The van der Waals surface area contributed by atoms with Crippen LogP contribution in [-0.2, 0) is 4.74 Å². The lowest BCUT2D eigenvalue weighted by Crippen LogP contribution is -2.43. The van der Waals surface area contributed by atoms with Gasteiger partial charge in [-0.3, -0.25) is 0 Å². The zero-order chi connectivity index (χ0) is 8.27. The van der Waals surface area contributed by atoms with Gasteiger partial charge in [-0.05, 0) is 24.8 Å². The second kappa shape index (κ2) is 4.07. The Kier molecular flexibility index (Phi) is 3.34. The van der Waals surface area contributed by atoms with Crippen molar-refractivity contribution in [2.45, 2.75) is 26.4 Å². The maximum Gasteiger partial charge on any atom is 0.0726 e. The molecule has 0 radical (unpaired) electrons. The Balaban J connectivity index is 2.44. The zero-order valence-electron chi connectivity index (χ0n) is 7.76. The molecule has 0 bridgehead atoms. The molecular formula is C9H19NO. The molecular weight excluding hydrogens is 138 g/mol. The number of hydrogen-bond donors (Lipinski definition) is 1. The quantitative estimate of drug-likeness (QED) is 0.651. The molecule has 0 amide bonds. The third-order valence-corrected chi connectivity index (χ3v) is 2.64. The summed E-state index contributed by atoms with van der Waals surface area (Å²) in [6.45, 7) is 6.74. The van der Waals surface area contributed by atoms with Crippen LogP contribution in [0.2, 0.25) is 0 Å². The number of ether oxygens (including phenoxy) is 1. The van der Waals surface area contributed by atoms with Gasteiger partial charge in [-0.1, -0.05) is 13.8 Å². The predicted octanol–water partition coefficient (Wildman–Crippen LogP) is 1.27. The van der Waals surface area contributed by atoms with Gasteiger partial charge in [0.25, 0.3) is 0 Å². The van der Waals surface area contributed by atoms with Gasteiger partial charge in [0.05, 0.1) is 6.10 Å². The van der Waals surface area contributed by atoms with Crippen LogP contribution >= 0.6 is 0 Å². The van der Waals surface area contributed by atoms with Crippen molar-refractivity contribution in [3.05, 3.63) is 0 Å². The normalized spacial score (nSPS) is 32.7. The summed E-state index contributed by atoms with van der Waals surface area (Å²) < 4.78 is 5.40. The molecule has 0 spiro atoms. The summed E-state index contributed by atoms with van der Waals surface area (Å²) in [5.41, 5.74) is 0. The van der Waals surface area contributed by atoms with Crippen LogP contribution in [0.15, 0.2) is 0 Å². The van der Waals surface area contributed by atoms with Gasteiger partial charge in [-0.15, -0.1) is 0 Å². The molecule has 1 N–H and O–H groups in total. The van der Waals surface area contributed by atoms with E-state index in [1.807, 2.05) is 7.11 Å². The molecule has 1 fully saturated rings.